The van der Waals surface area contributed by atoms with E-state index in [2.05, 4.69) is 0 Å². The Hall–Kier alpha value is -2.62. The van der Waals surface area contributed by atoms with Crippen LogP contribution in [0.2, 0.25) is 0 Å². The standard InChI is InChI=1S/C21H25NO3/c1-2-25-21(24)14-16-22(15-13-18-9-5-3-6-10-18)20(23)17-19-11-7-4-8-12-19/h3-12H,2,13-17H2,1H3. The maximum Gasteiger partial charge on any atom is 0.307 e. The monoisotopic (exact) mass is 339 g/mol. The summed E-state index contributed by atoms with van der Waals surface area (Å²) >= 11 is 0. The Labute approximate surface area is 149 Å². The summed E-state index contributed by atoms with van der Waals surface area (Å²) < 4.78 is 4.98. The van der Waals surface area contributed by atoms with Crippen molar-refractivity contribution < 1.29 is 14.3 Å². The SMILES string of the molecule is CCOC(=O)CCN(CCc1ccccc1)C(=O)Cc1ccccc1. The molecule has 0 fully saturated rings. The molecule has 2 aromatic rings. The van der Waals surface area contributed by atoms with Gasteiger partial charge in [0, 0.05) is 13.1 Å². The van der Waals surface area contributed by atoms with Crippen molar-refractivity contribution in [2.24, 2.45) is 0 Å². The molecule has 0 atom stereocenters. The van der Waals surface area contributed by atoms with Crippen molar-refractivity contribution >= 4 is 11.9 Å². The fourth-order valence-electron chi connectivity index (χ4n) is 2.61. The molecule has 0 aliphatic carbocycles. The summed E-state index contributed by atoms with van der Waals surface area (Å²) in [5, 5.41) is 0. The number of esters is 1. The van der Waals surface area contributed by atoms with E-state index in [-0.39, 0.29) is 18.3 Å². The zero-order chi connectivity index (χ0) is 17.9. The highest BCUT2D eigenvalue weighted by atomic mass is 16.5. The first-order chi connectivity index (χ1) is 12.2. The van der Waals surface area contributed by atoms with Crippen LogP contribution in [0.5, 0.6) is 0 Å². The van der Waals surface area contributed by atoms with Crippen LogP contribution in [0, 0.1) is 0 Å². The Morgan fingerprint density at radius 3 is 2.08 bits per heavy atom. The van der Waals surface area contributed by atoms with Gasteiger partial charge in [-0.3, -0.25) is 9.59 Å². The third kappa shape index (κ3) is 6.79. The van der Waals surface area contributed by atoms with Gasteiger partial charge in [0.05, 0.1) is 19.4 Å². The first-order valence-electron chi connectivity index (χ1n) is 8.70. The van der Waals surface area contributed by atoms with Crippen molar-refractivity contribution in [1.29, 1.82) is 0 Å². The molecule has 0 unspecified atom stereocenters. The number of carbonyl (C=O) groups excluding carboxylic acids is 2. The van der Waals surface area contributed by atoms with Gasteiger partial charge in [-0.1, -0.05) is 60.7 Å². The van der Waals surface area contributed by atoms with Gasteiger partial charge in [0.1, 0.15) is 0 Å². The summed E-state index contributed by atoms with van der Waals surface area (Å²) in [6.07, 6.45) is 1.34. The highest BCUT2D eigenvalue weighted by Crippen LogP contribution is 2.07. The van der Waals surface area contributed by atoms with Crippen LogP contribution < -0.4 is 0 Å². The molecule has 4 nitrogen and oxygen atoms in total. The quantitative estimate of drug-likeness (QED) is 0.659. The molecule has 2 aromatic carbocycles. The zero-order valence-corrected chi connectivity index (χ0v) is 14.7. The van der Waals surface area contributed by atoms with Crippen molar-refractivity contribution in [3.63, 3.8) is 0 Å². The number of carbonyl (C=O) groups is 2. The van der Waals surface area contributed by atoms with Crippen LogP contribution in [0.15, 0.2) is 60.7 Å². The molecule has 0 aliphatic heterocycles. The number of amides is 1. The summed E-state index contributed by atoms with van der Waals surface area (Å²) in [7, 11) is 0. The Morgan fingerprint density at radius 2 is 1.48 bits per heavy atom. The lowest BCUT2D eigenvalue weighted by molar-refractivity contribution is -0.144. The summed E-state index contributed by atoms with van der Waals surface area (Å²) in [4.78, 5) is 26.1. The predicted octanol–water partition coefficient (Wildman–Crippen LogP) is 3.25. The van der Waals surface area contributed by atoms with Gasteiger partial charge in [-0.15, -0.1) is 0 Å². The number of rotatable bonds is 9. The van der Waals surface area contributed by atoms with Gasteiger partial charge in [-0.2, -0.15) is 0 Å². The molecule has 2 rings (SSSR count). The van der Waals surface area contributed by atoms with Crippen molar-refractivity contribution in [2.75, 3.05) is 19.7 Å². The highest BCUT2D eigenvalue weighted by molar-refractivity contribution is 5.79. The van der Waals surface area contributed by atoms with Gasteiger partial charge in [-0.05, 0) is 24.5 Å². The number of benzene rings is 2. The topological polar surface area (TPSA) is 46.6 Å². The van der Waals surface area contributed by atoms with E-state index in [0.29, 0.717) is 26.1 Å². The van der Waals surface area contributed by atoms with Gasteiger partial charge < -0.3 is 9.64 Å². The first kappa shape index (κ1) is 18.7. The maximum atomic E-state index is 12.7. The van der Waals surface area contributed by atoms with Crippen LogP contribution in [-0.2, 0) is 27.2 Å². The molecule has 25 heavy (non-hydrogen) atoms. The lowest BCUT2D eigenvalue weighted by atomic mass is 10.1. The molecule has 0 aromatic heterocycles. The van der Waals surface area contributed by atoms with Crippen molar-refractivity contribution in [3.05, 3.63) is 71.8 Å². The Bertz CT molecular complexity index is 655. The van der Waals surface area contributed by atoms with Crippen LogP contribution in [0.4, 0.5) is 0 Å². The number of hydrogen-bond donors (Lipinski definition) is 0. The molecule has 0 aliphatic rings. The van der Waals surface area contributed by atoms with Crippen molar-refractivity contribution in [2.45, 2.75) is 26.2 Å². The van der Waals surface area contributed by atoms with E-state index in [4.69, 9.17) is 4.74 Å². The van der Waals surface area contributed by atoms with Crippen molar-refractivity contribution in [3.8, 4) is 0 Å². The Balaban J connectivity index is 1.97. The van der Waals surface area contributed by atoms with Crippen LogP contribution >= 0.6 is 0 Å². The molecule has 1 amide bonds. The largest absolute Gasteiger partial charge is 0.466 e. The van der Waals surface area contributed by atoms with Gasteiger partial charge >= 0.3 is 5.97 Å². The van der Waals surface area contributed by atoms with E-state index in [0.717, 1.165) is 12.0 Å². The minimum atomic E-state index is -0.264. The smallest absolute Gasteiger partial charge is 0.307 e. The second-order valence-electron chi connectivity index (χ2n) is 5.83. The van der Waals surface area contributed by atoms with Crippen LogP contribution in [0.25, 0.3) is 0 Å². The van der Waals surface area contributed by atoms with E-state index in [1.165, 1.54) is 5.56 Å². The molecule has 0 radical (unpaired) electrons. The van der Waals surface area contributed by atoms with E-state index >= 15 is 0 Å². The number of nitrogens with zero attached hydrogens (tertiary/aromatic N) is 1. The molecule has 4 heteroatoms. The van der Waals surface area contributed by atoms with E-state index in [1.54, 1.807) is 11.8 Å². The second kappa shape index (κ2) is 10.3. The van der Waals surface area contributed by atoms with Crippen LogP contribution in [0.3, 0.4) is 0 Å². The van der Waals surface area contributed by atoms with Crippen LogP contribution in [-0.4, -0.2) is 36.5 Å². The third-order valence-electron chi connectivity index (χ3n) is 3.96. The fraction of sp³-hybridized carbons (Fsp3) is 0.333. The second-order valence-corrected chi connectivity index (χ2v) is 5.83. The molecule has 0 heterocycles. The first-order valence-corrected chi connectivity index (χ1v) is 8.70. The highest BCUT2D eigenvalue weighted by Gasteiger charge is 2.16. The van der Waals surface area contributed by atoms with E-state index in [1.807, 2.05) is 60.7 Å². The summed E-state index contributed by atoms with van der Waals surface area (Å²) in [5.41, 5.74) is 2.16. The zero-order valence-electron chi connectivity index (χ0n) is 14.7. The Morgan fingerprint density at radius 1 is 0.880 bits per heavy atom. The average Bonchev–Trinajstić information content (AvgIpc) is 2.63. The van der Waals surface area contributed by atoms with Gasteiger partial charge in [0.25, 0.3) is 0 Å². The summed E-state index contributed by atoms with van der Waals surface area (Å²) in [5.74, 6) is -0.230. The molecule has 0 saturated carbocycles. The molecular weight excluding hydrogens is 314 g/mol. The Kier molecular flexibility index (Phi) is 7.70. The minimum Gasteiger partial charge on any atom is -0.466 e. The lowest BCUT2D eigenvalue weighted by Crippen LogP contribution is -2.36. The molecule has 0 saturated heterocycles. The number of ether oxygens (including phenoxy) is 1. The molecule has 0 bridgehead atoms. The maximum absolute atomic E-state index is 12.7. The summed E-state index contributed by atoms with van der Waals surface area (Å²) in [6.45, 7) is 3.12. The predicted molar refractivity (Wildman–Crippen MR) is 98.1 cm³/mol. The van der Waals surface area contributed by atoms with E-state index < -0.39 is 0 Å². The molecular formula is C21H25NO3. The minimum absolute atomic E-state index is 0.0337. The van der Waals surface area contributed by atoms with Crippen molar-refractivity contribution in [1.82, 2.24) is 4.90 Å². The normalized spacial score (nSPS) is 10.3. The third-order valence-corrected chi connectivity index (χ3v) is 3.96. The average molecular weight is 339 g/mol. The molecule has 132 valence electrons. The van der Waals surface area contributed by atoms with Gasteiger partial charge in [0.15, 0.2) is 0 Å². The van der Waals surface area contributed by atoms with E-state index in [9.17, 15) is 9.59 Å². The molecule has 0 spiro atoms. The van der Waals surface area contributed by atoms with Gasteiger partial charge in [-0.25, -0.2) is 0 Å². The number of hydrogen-bond acceptors (Lipinski definition) is 3. The molecule has 0 N–H and O–H groups in total. The fourth-order valence-corrected chi connectivity index (χ4v) is 2.61. The summed E-state index contributed by atoms with van der Waals surface area (Å²) in [6, 6.07) is 19.7. The van der Waals surface area contributed by atoms with Gasteiger partial charge in [0.2, 0.25) is 5.91 Å². The lowest BCUT2D eigenvalue weighted by Gasteiger charge is -2.22. The van der Waals surface area contributed by atoms with Crippen LogP contribution in [0.1, 0.15) is 24.5 Å².